The van der Waals surface area contributed by atoms with Gasteiger partial charge >= 0.3 is 0 Å². The van der Waals surface area contributed by atoms with Crippen molar-refractivity contribution >= 4 is 0 Å². The number of hydrogen-bond donors (Lipinski definition) is 2. The largest absolute Gasteiger partial charge is 0.508 e. The lowest BCUT2D eigenvalue weighted by atomic mass is 10.1. The lowest BCUT2D eigenvalue weighted by Crippen LogP contribution is -1.99. The number of benzene rings is 2. The first-order valence-corrected chi connectivity index (χ1v) is 7.17. The first-order valence-electron chi connectivity index (χ1n) is 7.17. The van der Waals surface area contributed by atoms with Gasteiger partial charge in [-0.2, -0.15) is 4.98 Å². The summed E-state index contributed by atoms with van der Waals surface area (Å²) in [5.41, 5.74) is 5.13. The molecule has 22 heavy (non-hydrogen) atoms. The van der Waals surface area contributed by atoms with E-state index in [1.807, 2.05) is 19.1 Å². The van der Waals surface area contributed by atoms with Gasteiger partial charge in [0, 0.05) is 24.2 Å². The minimum Gasteiger partial charge on any atom is -0.508 e. The topological polar surface area (TPSA) is 71.2 Å². The van der Waals surface area contributed by atoms with Crippen molar-refractivity contribution in [1.82, 2.24) is 15.5 Å². The van der Waals surface area contributed by atoms with Gasteiger partial charge in [-0.15, -0.1) is 0 Å². The highest BCUT2D eigenvalue weighted by atomic mass is 16.5. The summed E-state index contributed by atoms with van der Waals surface area (Å²) in [5, 5.41) is 17.0. The van der Waals surface area contributed by atoms with Crippen LogP contribution in [0, 0.1) is 6.92 Å². The van der Waals surface area contributed by atoms with Crippen molar-refractivity contribution in [2.75, 3.05) is 0 Å². The monoisotopic (exact) mass is 293 g/mol. The fraction of sp³-hybridized carbons (Fsp3) is 0.176. The number of nitrogens with zero attached hydrogens (tertiary/aromatic N) is 2. The van der Waals surface area contributed by atoms with Crippen LogP contribution in [0.5, 0.6) is 5.75 Å². The van der Waals surface area contributed by atoms with Gasteiger partial charge in [-0.25, -0.2) is 0 Å². The lowest BCUT2D eigenvalue weighted by molar-refractivity contribution is 0.432. The second-order valence-electron chi connectivity index (χ2n) is 5.51. The maximum Gasteiger partial charge on any atom is 0.258 e. The molecule has 110 valence electrons. The summed E-state index contributed by atoms with van der Waals surface area (Å²) in [6.45, 7) is 3.63. The molecule has 5 nitrogen and oxygen atoms in total. The molecule has 4 rings (SSSR count). The molecule has 1 aromatic heterocycles. The molecule has 2 aromatic carbocycles. The number of rotatable bonds is 2. The van der Waals surface area contributed by atoms with Gasteiger partial charge in [0.1, 0.15) is 5.75 Å². The average Bonchev–Trinajstić information content (AvgIpc) is 3.17. The van der Waals surface area contributed by atoms with Crippen LogP contribution in [0.3, 0.4) is 0 Å². The van der Waals surface area contributed by atoms with E-state index in [0.29, 0.717) is 11.7 Å². The zero-order chi connectivity index (χ0) is 15.1. The predicted octanol–water partition coefficient (Wildman–Crippen LogP) is 3.02. The van der Waals surface area contributed by atoms with E-state index in [4.69, 9.17) is 4.52 Å². The standard InChI is InChI=1S/C17H15N3O2/c1-10-6-11(4-5-15(10)21)16-19-17(22-20-16)12-2-3-13-8-18-9-14(13)7-12/h2-7,18,21H,8-9H2,1H3. The fourth-order valence-electron chi connectivity index (χ4n) is 2.68. The van der Waals surface area contributed by atoms with Crippen LogP contribution in [0.4, 0.5) is 0 Å². The summed E-state index contributed by atoms with van der Waals surface area (Å²) in [6.07, 6.45) is 0. The van der Waals surface area contributed by atoms with Gasteiger partial charge in [-0.05, 0) is 53.9 Å². The minimum absolute atomic E-state index is 0.263. The molecule has 0 bridgehead atoms. The van der Waals surface area contributed by atoms with Gasteiger partial charge in [0.15, 0.2) is 0 Å². The van der Waals surface area contributed by atoms with E-state index in [2.05, 4.69) is 27.6 Å². The lowest BCUT2D eigenvalue weighted by Gasteiger charge is -2.00. The number of aromatic nitrogens is 2. The zero-order valence-electron chi connectivity index (χ0n) is 12.1. The van der Waals surface area contributed by atoms with Crippen LogP contribution in [0.1, 0.15) is 16.7 Å². The molecule has 1 aliphatic rings. The van der Waals surface area contributed by atoms with Crippen LogP contribution in [0.2, 0.25) is 0 Å². The Bertz CT molecular complexity index is 855. The minimum atomic E-state index is 0.263. The van der Waals surface area contributed by atoms with Crippen molar-refractivity contribution in [1.29, 1.82) is 0 Å². The van der Waals surface area contributed by atoms with Gasteiger partial charge in [-0.3, -0.25) is 0 Å². The summed E-state index contributed by atoms with van der Waals surface area (Å²) in [4.78, 5) is 4.47. The molecule has 0 aliphatic carbocycles. The van der Waals surface area contributed by atoms with Crippen molar-refractivity contribution < 1.29 is 9.63 Å². The Morgan fingerprint density at radius 3 is 2.73 bits per heavy atom. The Kier molecular flexibility index (Phi) is 2.94. The number of aryl methyl sites for hydroxylation is 1. The molecule has 0 spiro atoms. The van der Waals surface area contributed by atoms with Crippen LogP contribution in [0.15, 0.2) is 40.9 Å². The number of hydrogen-bond acceptors (Lipinski definition) is 5. The molecule has 0 amide bonds. The van der Waals surface area contributed by atoms with Crippen molar-refractivity contribution in [3.05, 3.63) is 53.1 Å². The third-order valence-electron chi connectivity index (χ3n) is 3.97. The molecule has 0 atom stereocenters. The molecular weight excluding hydrogens is 278 g/mol. The van der Waals surface area contributed by atoms with E-state index >= 15 is 0 Å². The van der Waals surface area contributed by atoms with E-state index in [1.165, 1.54) is 11.1 Å². The van der Waals surface area contributed by atoms with Crippen LogP contribution >= 0.6 is 0 Å². The Hall–Kier alpha value is -2.66. The first-order chi connectivity index (χ1) is 10.7. The first kappa shape index (κ1) is 13.0. The predicted molar refractivity (Wildman–Crippen MR) is 82.1 cm³/mol. The molecule has 0 saturated heterocycles. The molecule has 0 radical (unpaired) electrons. The third kappa shape index (κ3) is 2.16. The van der Waals surface area contributed by atoms with Gasteiger partial charge in [0.2, 0.25) is 5.82 Å². The molecule has 0 saturated carbocycles. The highest BCUT2D eigenvalue weighted by Crippen LogP contribution is 2.27. The van der Waals surface area contributed by atoms with Crippen LogP contribution in [-0.2, 0) is 13.1 Å². The van der Waals surface area contributed by atoms with E-state index in [1.54, 1.807) is 12.1 Å². The maximum absolute atomic E-state index is 9.59. The van der Waals surface area contributed by atoms with E-state index < -0.39 is 0 Å². The molecule has 2 N–H and O–H groups in total. The molecule has 5 heteroatoms. The molecule has 1 aliphatic heterocycles. The van der Waals surface area contributed by atoms with Gasteiger partial charge in [0.05, 0.1) is 0 Å². The summed E-state index contributed by atoms with van der Waals surface area (Å²) in [5.74, 6) is 1.30. The number of fused-ring (bicyclic) bond motifs is 1. The molecule has 0 fully saturated rings. The van der Waals surface area contributed by atoms with Crippen molar-refractivity contribution in [2.24, 2.45) is 0 Å². The summed E-state index contributed by atoms with van der Waals surface area (Å²) in [6, 6.07) is 11.5. The van der Waals surface area contributed by atoms with Crippen molar-refractivity contribution in [3.63, 3.8) is 0 Å². The van der Waals surface area contributed by atoms with E-state index in [-0.39, 0.29) is 5.75 Å². The number of phenolic OH excluding ortho intramolecular Hbond substituents is 1. The zero-order valence-corrected chi connectivity index (χ0v) is 12.1. The van der Waals surface area contributed by atoms with Gasteiger partial charge < -0.3 is 14.9 Å². The highest BCUT2D eigenvalue weighted by Gasteiger charge is 2.15. The quantitative estimate of drug-likeness (QED) is 0.760. The summed E-state index contributed by atoms with van der Waals surface area (Å²) in [7, 11) is 0. The second-order valence-corrected chi connectivity index (χ2v) is 5.51. The summed E-state index contributed by atoms with van der Waals surface area (Å²) < 4.78 is 5.39. The fourth-order valence-corrected chi connectivity index (χ4v) is 2.68. The highest BCUT2D eigenvalue weighted by molar-refractivity contribution is 5.62. The van der Waals surface area contributed by atoms with Crippen LogP contribution in [0.25, 0.3) is 22.8 Å². The van der Waals surface area contributed by atoms with Gasteiger partial charge in [0.25, 0.3) is 5.89 Å². The molecule has 2 heterocycles. The van der Waals surface area contributed by atoms with Crippen LogP contribution in [-0.4, -0.2) is 15.2 Å². The summed E-state index contributed by atoms with van der Waals surface area (Å²) >= 11 is 0. The maximum atomic E-state index is 9.59. The normalized spacial score (nSPS) is 13.3. The average molecular weight is 293 g/mol. The number of aromatic hydroxyl groups is 1. The van der Waals surface area contributed by atoms with E-state index in [9.17, 15) is 5.11 Å². The Morgan fingerprint density at radius 2 is 1.86 bits per heavy atom. The van der Waals surface area contributed by atoms with Crippen LogP contribution < -0.4 is 5.32 Å². The molecule has 3 aromatic rings. The SMILES string of the molecule is Cc1cc(-c2noc(-c3ccc4c(c3)CNC4)n2)ccc1O. The number of phenols is 1. The molecule has 0 unspecified atom stereocenters. The Morgan fingerprint density at radius 1 is 1.05 bits per heavy atom. The molecular formula is C17H15N3O2. The van der Waals surface area contributed by atoms with Crippen molar-refractivity contribution in [2.45, 2.75) is 20.0 Å². The Labute approximate surface area is 127 Å². The number of nitrogens with one attached hydrogen (secondary N) is 1. The van der Waals surface area contributed by atoms with Gasteiger partial charge in [-0.1, -0.05) is 11.2 Å². The third-order valence-corrected chi connectivity index (χ3v) is 3.97. The Balaban J connectivity index is 1.70. The second kappa shape index (κ2) is 4.96. The van der Waals surface area contributed by atoms with E-state index in [0.717, 1.165) is 29.8 Å². The smallest absolute Gasteiger partial charge is 0.258 e. The van der Waals surface area contributed by atoms with Crippen molar-refractivity contribution in [3.8, 4) is 28.6 Å².